The van der Waals surface area contributed by atoms with Gasteiger partial charge in [0.25, 0.3) is 0 Å². The molecule has 0 atom stereocenters. The van der Waals surface area contributed by atoms with E-state index < -0.39 is 0 Å². The summed E-state index contributed by atoms with van der Waals surface area (Å²) in [6, 6.07) is 4.33. The molecule has 2 aliphatic rings. The second-order valence-electron chi connectivity index (χ2n) is 7.00. The predicted molar refractivity (Wildman–Crippen MR) is 95.7 cm³/mol. The zero-order valence-corrected chi connectivity index (χ0v) is 14.7. The molecule has 4 heterocycles. The van der Waals surface area contributed by atoms with Crippen LogP contribution in [0.15, 0.2) is 18.3 Å². The smallest absolute Gasteiger partial charge is 0.244 e. The number of hydrogen-bond acceptors (Lipinski definition) is 5. The molecule has 2 aromatic heterocycles. The van der Waals surface area contributed by atoms with Crippen molar-refractivity contribution < 1.29 is 4.79 Å². The van der Waals surface area contributed by atoms with Crippen molar-refractivity contribution in [3.8, 4) is 0 Å². The van der Waals surface area contributed by atoms with Crippen LogP contribution in [-0.2, 0) is 30.7 Å². The Bertz CT molecular complexity index is 797. The highest BCUT2D eigenvalue weighted by Crippen LogP contribution is 2.21. The van der Waals surface area contributed by atoms with Crippen molar-refractivity contribution in [2.24, 2.45) is 0 Å². The van der Waals surface area contributed by atoms with Gasteiger partial charge in [-0.25, -0.2) is 4.98 Å². The largest absolute Gasteiger partial charge is 0.338 e. The van der Waals surface area contributed by atoms with Gasteiger partial charge in [0.05, 0.1) is 0 Å². The first-order valence-corrected chi connectivity index (χ1v) is 8.92. The van der Waals surface area contributed by atoms with E-state index in [1.807, 2.05) is 21.8 Å². The molecular weight excluding hydrogens is 316 g/mol. The van der Waals surface area contributed by atoms with Crippen LogP contribution in [0.3, 0.4) is 0 Å². The third kappa shape index (κ3) is 3.24. The summed E-state index contributed by atoms with van der Waals surface area (Å²) in [5.74, 6) is 1.67. The third-order valence-electron chi connectivity index (χ3n) is 4.93. The number of aromatic nitrogens is 3. The van der Waals surface area contributed by atoms with Crippen molar-refractivity contribution in [3.63, 3.8) is 0 Å². The quantitative estimate of drug-likeness (QED) is 0.885. The number of nitrogens with one attached hydrogen (secondary N) is 2. The number of anilines is 2. The van der Waals surface area contributed by atoms with Crippen LogP contribution >= 0.6 is 0 Å². The minimum absolute atomic E-state index is 0.126. The molecule has 25 heavy (non-hydrogen) atoms. The fourth-order valence-corrected chi connectivity index (χ4v) is 3.54. The molecule has 0 bridgehead atoms. The van der Waals surface area contributed by atoms with Crippen molar-refractivity contribution in [3.05, 3.63) is 35.2 Å². The topological polar surface area (TPSA) is 75.1 Å². The Balaban J connectivity index is 1.52. The molecule has 7 heteroatoms. The molecule has 0 spiro atoms. The van der Waals surface area contributed by atoms with Crippen LogP contribution in [0.5, 0.6) is 0 Å². The van der Waals surface area contributed by atoms with E-state index in [1.165, 1.54) is 11.1 Å². The van der Waals surface area contributed by atoms with Gasteiger partial charge in [0.2, 0.25) is 5.91 Å². The molecule has 0 fully saturated rings. The van der Waals surface area contributed by atoms with Crippen LogP contribution in [-0.4, -0.2) is 44.7 Å². The Morgan fingerprint density at radius 1 is 1.20 bits per heavy atom. The Morgan fingerprint density at radius 2 is 2.08 bits per heavy atom. The summed E-state index contributed by atoms with van der Waals surface area (Å²) in [5, 5.41) is 11.2. The third-order valence-corrected chi connectivity index (χ3v) is 4.93. The number of nitrogens with zero attached hydrogens (tertiary/aromatic N) is 4. The maximum Gasteiger partial charge on any atom is 0.244 e. The number of carbonyl (C=O) groups is 1. The molecule has 132 valence electrons. The van der Waals surface area contributed by atoms with Crippen molar-refractivity contribution in [2.75, 3.05) is 18.4 Å². The van der Waals surface area contributed by atoms with Gasteiger partial charge < -0.3 is 15.5 Å². The summed E-state index contributed by atoms with van der Waals surface area (Å²) in [6.07, 6.45) is 3.79. The molecule has 4 rings (SSSR count). The minimum atomic E-state index is 0.126. The summed E-state index contributed by atoms with van der Waals surface area (Å²) in [7, 11) is 0. The SMILES string of the molecule is CC(C)N1CCc2cc(Nc3cc4c(cn3)CCNC4)nn2CC1=O. The van der Waals surface area contributed by atoms with E-state index in [0.29, 0.717) is 6.54 Å². The molecule has 0 unspecified atom stereocenters. The first kappa shape index (κ1) is 16.1. The van der Waals surface area contributed by atoms with Crippen LogP contribution < -0.4 is 10.6 Å². The molecule has 1 amide bonds. The summed E-state index contributed by atoms with van der Waals surface area (Å²) in [6.45, 7) is 7.04. The minimum Gasteiger partial charge on any atom is -0.338 e. The van der Waals surface area contributed by atoms with Crippen LogP contribution in [0.25, 0.3) is 0 Å². The highest BCUT2D eigenvalue weighted by Gasteiger charge is 2.23. The highest BCUT2D eigenvalue weighted by atomic mass is 16.2. The fourth-order valence-electron chi connectivity index (χ4n) is 3.54. The maximum atomic E-state index is 12.4. The van der Waals surface area contributed by atoms with Crippen LogP contribution in [0, 0.1) is 0 Å². The maximum absolute atomic E-state index is 12.4. The van der Waals surface area contributed by atoms with Gasteiger partial charge >= 0.3 is 0 Å². The van der Waals surface area contributed by atoms with Crippen molar-refractivity contribution >= 4 is 17.5 Å². The van der Waals surface area contributed by atoms with Crippen molar-refractivity contribution in [1.29, 1.82) is 0 Å². The fraction of sp³-hybridized carbons (Fsp3) is 0.500. The van der Waals surface area contributed by atoms with Crippen molar-refractivity contribution in [1.82, 2.24) is 25.0 Å². The summed E-state index contributed by atoms with van der Waals surface area (Å²) in [4.78, 5) is 18.8. The Kier molecular flexibility index (Phi) is 4.17. The predicted octanol–water partition coefficient (Wildman–Crippen LogP) is 1.46. The molecule has 0 radical (unpaired) electrons. The summed E-state index contributed by atoms with van der Waals surface area (Å²) in [5.41, 5.74) is 3.68. The molecule has 0 saturated carbocycles. The first-order chi connectivity index (χ1) is 12.1. The molecule has 2 N–H and O–H groups in total. The first-order valence-electron chi connectivity index (χ1n) is 8.92. The van der Waals surface area contributed by atoms with E-state index in [9.17, 15) is 4.79 Å². The number of hydrogen-bond donors (Lipinski definition) is 2. The van der Waals surface area contributed by atoms with Gasteiger partial charge in [-0.15, -0.1) is 0 Å². The molecular formula is C18H24N6O. The van der Waals surface area contributed by atoms with Crippen LogP contribution in [0.4, 0.5) is 11.6 Å². The summed E-state index contributed by atoms with van der Waals surface area (Å²) >= 11 is 0. The lowest BCUT2D eigenvalue weighted by Crippen LogP contribution is -2.38. The number of fused-ring (bicyclic) bond motifs is 2. The van der Waals surface area contributed by atoms with E-state index in [0.717, 1.165) is 49.8 Å². The van der Waals surface area contributed by atoms with E-state index in [-0.39, 0.29) is 11.9 Å². The highest BCUT2D eigenvalue weighted by molar-refractivity contribution is 5.76. The number of carbonyl (C=O) groups excluding carboxylic acids is 1. The average molecular weight is 340 g/mol. The van der Waals surface area contributed by atoms with E-state index >= 15 is 0 Å². The number of pyridine rings is 1. The van der Waals surface area contributed by atoms with Crippen molar-refractivity contribution in [2.45, 2.75) is 45.8 Å². The van der Waals surface area contributed by atoms with E-state index in [2.05, 4.69) is 40.6 Å². The Hall–Kier alpha value is -2.41. The standard InChI is InChI=1S/C18H24N6O/c1-12(2)23-6-4-15-8-17(22-24(15)11-18(23)25)21-16-7-14-9-19-5-3-13(14)10-20-16/h7-8,10,12,19H,3-6,9,11H2,1-2H3,(H,20,21,22). The summed E-state index contributed by atoms with van der Waals surface area (Å²) < 4.78 is 1.81. The zero-order valence-electron chi connectivity index (χ0n) is 14.7. The molecule has 2 aromatic rings. The Labute approximate surface area is 147 Å². The monoisotopic (exact) mass is 340 g/mol. The lowest BCUT2D eigenvalue weighted by molar-refractivity contribution is -0.133. The van der Waals surface area contributed by atoms with Gasteiger partial charge in [-0.3, -0.25) is 9.48 Å². The number of amides is 1. The van der Waals surface area contributed by atoms with E-state index in [4.69, 9.17) is 0 Å². The van der Waals surface area contributed by atoms with Gasteiger partial charge in [0.15, 0.2) is 5.82 Å². The zero-order chi connectivity index (χ0) is 17.4. The normalized spacial score (nSPS) is 17.2. The number of rotatable bonds is 3. The van der Waals surface area contributed by atoms with Gasteiger partial charge in [-0.2, -0.15) is 5.10 Å². The van der Waals surface area contributed by atoms with E-state index in [1.54, 1.807) is 0 Å². The lowest BCUT2D eigenvalue weighted by Gasteiger charge is -2.24. The van der Waals surface area contributed by atoms with Gasteiger partial charge in [0.1, 0.15) is 12.4 Å². The molecule has 2 aliphatic heterocycles. The molecule has 7 nitrogen and oxygen atoms in total. The van der Waals surface area contributed by atoms with Gasteiger partial charge in [-0.05, 0) is 44.0 Å². The second-order valence-corrected chi connectivity index (χ2v) is 7.00. The van der Waals surface area contributed by atoms with Gasteiger partial charge in [-0.1, -0.05) is 0 Å². The molecule has 0 aliphatic carbocycles. The molecule has 0 saturated heterocycles. The van der Waals surface area contributed by atoms with Crippen LogP contribution in [0.2, 0.25) is 0 Å². The van der Waals surface area contributed by atoms with Gasteiger partial charge in [0, 0.05) is 43.5 Å². The molecule has 0 aromatic carbocycles. The second kappa shape index (κ2) is 6.48. The average Bonchev–Trinajstić information content (AvgIpc) is 2.88. The lowest BCUT2D eigenvalue weighted by atomic mass is 10.0. The Morgan fingerprint density at radius 3 is 2.92 bits per heavy atom. The van der Waals surface area contributed by atoms with Crippen LogP contribution in [0.1, 0.15) is 30.7 Å².